The quantitative estimate of drug-likeness (QED) is 0.164. The van der Waals surface area contributed by atoms with E-state index in [4.69, 9.17) is 0 Å². The molecule has 0 unspecified atom stereocenters. The van der Waals surface area contributed by atoms with Crippen molar-refractivity contribution < 1.29 is 0 Å². The van der Waals surface area contributed by atoms with E-state index in [-0.39, 0.29) is 0 Å². The molecule has 12 rings (SSSR count). The van der Waals surface area contributed by atoms with E-state index in [1.54, 1.807) is 0 Å². The van der Waals surface area contributed by atoms with E-state index >= 15 is 0 Å². The van der Waals surface area contributed by atoms with E-state index in [2.05, 4.69) is 228 Å². The van der Waals surface area contributed by atoms with E-state index in [0.29, 0.717) is 0 Å². The van der Waals surface area contributed by atoms with Crippen LogP contribution in [-0.2, 0) is 0 Å². The van der Waals surface area contributed by atoms with E-state index < -0.39 is 0 Å². The third kappa shape index (κ3) is 5.47. The van der Waals surface area contributed by atoms with Crippen LogP contribution in [0.25, 0.3) is 91.5 Å². The summed E-state index contributed by atoms with van der Waals surface area (Å²) in [6.07, 6.45) is 0. The van der Waals surface area contributed by atoms with E-state index in [1.807, 2.05) is 11.3 Å². The van der Waals surface area contributed by atoms with Gasteiger partial charge in [-0.1, -0.05) is 158 Å². The van der Waals surface area contributed by atoms with Gasteiger partial charge in [0.15, 0.2) is 0 Å². The minimum atomic E-state index is 1.10. The van der Waals surface area contributed by atoms with Gasteiger partial charge >= 0.3 is 0 Å². The molecular formula is C56H36N2S. The van der Waals surface area contributed by atoms with Gasteiger partial charge in [-0.05, 0) is 98.9 Å². The van der Waals surface area contributed by atoms with Crippen molar-refractivity contribution in [3.63, 3.8) is 0 Å². The summed E-state index contributed by atoms with van der Waals surface area (Å²) in [6, 6.07) is 80.1. The summed E-state index contributed by atoms with van der Waals surface area (Å²) >= 11 is 1.89. The van der Waals surface area contributed by atoms with Crippen LogP contribution >= 0.6 is 11.3 Å². The van der Waals surface area contributed by atoms with Crippen LogP contribution in [0, 0.1) is 0 Å². The third-order valence-corrected chi connectivity index (χ3v) is 13.1. The molecule has 2 nitrogen and oxygen atoms in total. The zero-order chi connectivity index (χ0) is 38.9. The Hall–Kier alpha value is -7.46. The molecule has 0 atom stereocenters. The van der Waals surface area contributed by atoms with Crippen LogP contribution in [0.2, 0.25) is 0 Å². The van der Waals surface area contributed by atoms with Crippen LogP contribution in [0.15, 0.2) is 218 Å². The van der Waals surface area contributed by atoms with Crippen LogP contribution in [0.3, 0.4) is 0 Å². The van der Waals surface area contributed by atoms with E-state index in [1.165, 1.54) is 85.8 Å². The molecule has 2 heterocycles. The first-order valence-corrected chi connectivity index (χ1v) is 21.0. The lowest BCUT2D eigenvalue weighted by atomic mass is 9.94. The fourth-order valence-electron chi connectivity index (χ4n) is 9.21. The standard InChI is InChI=1S/C56H36N2S/c1-3-15-38(16-4-1)49-35-42(41-27-26-37-14-7-8-18-40(37)34-41)29-33-51(49)58(52-24-13-25-54-55(52)48-31-28-39-17-9-10-21-45(39)56(48)59-54)44-30-32-47-46-22-11-12-23-50(46)57(53(47)36-44)43-19-5-2-6-20-43/h1-36H. The van der Waals surface area contributed by atoms with Gasteiger partial charge in [-0.3, -0.25) is 0 Å². The molecule has 0 saturated heterocycles. The van der Waals surface area contributed by atoms with Gasteiger partial charge in [0.25, 0.3) is 0 Å². The van der Waals surface area contributed by atoms with Gasteiger partial charge in [-0.25, -0.2) is 0 Å². The minimum absolute atomic E-state index is 1.10. The maximum absolute atomic E-state index is 2.52. The van der Waals surface area contributed by atoms with Gasteiger partial charge in [0.2, 0.25) is 0 Å². The van der Waals surface area contributed by atoms with Gasteiger partial charge in [0, 0.05) is 47.9 Å². The number of nitrogens with zero attached hydrogens (tertiary/aromatic N) is 2. The number of hydrogen-bond donors (Lipinski definition) is 0. The van der Waals surface area contributed by atoms with E-state index in [9.17, 15) is 0 Å². The Morgan fingerprint density at radius 1 is 0.373 bits per heavy atom. The Bertz CT molecular complexity index is 3560. The number of anilines is 3. The van der Waals surface area contributed by atoms with Crippen molar-refractivity contribution >= 4 is 91.9 Å². The molecule has 0 saturated carbocycles. The molecular weight excluding hydrogens is 733 g/mol. The van der Waals surface area contributed by atoms with Crippen molar-refractivity contribution in [3.05, 3.63) is 218 Å². The molecule has 0 aliphatic rings. The maximum Gasteiger partial charge on any atom is 0.0561 e. The fraction of sp³-hybridized carbons (Fsp3) is 0. The van der Waals surface area contributed by atoms with Crippen LogP contribution in [-0.4, -0.2) is 4.57 Å². The molecule has 0 N–H and O–H groups in total. The van der Waals surface area contributed by atoms with Crippen molar-refractivity contribution in [2.75, 3.05) is 4.90 Å². The van der Waals surface area contributed by atoms with Crippen molar-refractivity contribution in [2.45, 2.75) is 0 Å². The zero-order valence-corrected chi connectivity index (χ0v) is 32.9. The number of thiophene rings is 1. The molecule has 0 radical (unpaired) electrons. The molecule has 59 heavy (non-hydrogen) atoms. The van der Waals surface area contributed by atoms with Crippen LogP contribution < -0.4 is 4.90 Å². The Morgan fingerprint density at radius 3 is 1.90 bits per heavy atom. The predicted octanol–water partition coefficient (Wildman–Crippen LogP) is 16.3. The number of benzene rings is 10. The Kier molecular flexibility index (Phi) is 7.75. The highest BCUT2D eigenvalue weighted by Gasteiger charge is 2.24. The predicted molar refractivity (Wildman–Crippen MR) is 254 cm³/mol. The first-order valence-electron chi connectivity index (χ1n) is 20.2. The lowest BCUT2D eigenvalue weighted by Gasteiger charge is -2.29. The van der Waals surface area contributed by atoms with Crippen LogP contribution in [0.4, 0.5) is 17.1 Å². The second-order valence-corrected chi connectivity index (χ2v) is 16.4. The third-order valence-electron chi connectivity index (χ3n) is 11.9. The topological polar surface area (TPSA) is 8.17 Å². The highest BCUT2D eigenvalue weighted by Crippen LogP contribution is 2.50. The summed E-state index contributed by atoms with van der Waals surface area (Å²) in [5.74, 6) is 0. The smallest absolute Gasteiger partial charge is 0.0561 e. The van der Waals surface area contributed by atoms with Crippen molar-refractivity contribution in [2.24, 2.45) is 0 Å². The first-order chi connectivity index (χ1) is 29.3. The van der Waals surface area contributed by atoms with Crippen molar-refractivity contribution in [1.29, 1.82) is 0 Å². The Balaban J connectivity index is 1.17. The summed E-state index contributed by atoms with van der Waals surface area (Å²) in [4.78, 5) is 2.52. The summed E-state index contributed by atoms with van der Waals surface area (Å²) < 4.78 is 5.01. The normalized spacial score (nSPS) is 11.7. The first kappa shape index (κ1) is 33.7. The number of rotatable bonds is 6. The molecule has 0 bridgehead atoms. The lowest BCUT2D eigenvalue weighted by molar-refractivity contribution is 1.18. The number of fused-ring (bicyclic) bond motifs is 9. The molecule has 0 fully saturated rings. The Labute approximate surface area is 346 Å². The fourth-order valence-corrected chi connectivity index (χ4v) is 10.5. The van der Waals surface area contributed by atoms with Crippen molar-refractivity contribution in [1.82, 2.24) is 4.57 Å². The monoisotopic (exact) mass is 768 g/mol. The number of para-hydroxylation sites is 2. The molecule has 0 spiro atoms. The molecule has 0 aliphatic carbocycles. The average Bonchev–Trinajstić information content (AvgIpc) is 3.86. The summed E-state index contributed by atoms with van der Waals surface area (Å²) in [5.41, 5.74) is 11.6. The molecule has 3 heteroatoms. The van der Waals surface area contributed by atoms with Gasteiger partial charge in [-0.15, -0.1) is 11.3 Å². The highest BCUT2D eigenvalue weighted by atomic mass is 32.1. The zero-order valence-electron chi connectivity index (χ0n) is 32.1. The van der Waals surface area contributed by atoms with Gasteiger partial charge in [-0.2, -0.15) is 0 Å². The lowest BCUT2D eigenvalue weighted by Crippen LogP contribution is -2.12. The highest BCUT2D eigenvalue weighted by molar-refractivity contribution is 7.26. The molecule has 0 amide bonds. The summed E-state index contributed by atoms with van der Waals surface area (Å²) in [6.45, 7) is 0. The molecule has 10 aromatic carbocycles. The summed E-state index contributed by atoms with van der Waals surface area (Å²) in [7, 11) is 0. The molecule has 12 aromatic rings. The average molecular weight is 769 g/mol. The number of aromatic nitrogens is 1. The van der Waals surface area contributed by atoms with Crippen LogP contribution in [0.1, 0.15) is 0 Å². The van der Waals surface area contributed by atoms with Crippen molar-refractivity contribution in [3.8, 4) is 27.9 Å². The summed E-state index contributed by atoms with van der Waals surface area (Å²) in [5, 5.41) is 10.1. The van der Waals surface area contributed by atoms with E-state index in [0.717, 1.165) is 22.7 Å². The van der Waals surface area contributed by atoms with Gasteiger partial charge in [0.05, 0.1) is 22.4 Å². The Morgan fingerprint density at radius 2 is 1.03 bits per heavy atom. The van der Waals surface area contributed by atoms with Gasteiger partial charge in [0.1, 0.15) is 0 Å². The van der Waals surface area contributed by atoms with Crippen LogP contribution in [0.5, 0.6) is 0 Å². The molecule has 2 aromatic heterocycles. The molecule has 276 valence electrons. The van der Waals surface area contributed by atoms with Gasteiger partial charge < -0.3 is 9.47 Å². The largest absolute Gasteiger partial charge is 0.309 e. The maximum atomic E-state index is 2.52. The molecule has 0 aliphatic heterocycles. The SMILES string of the molecule is c1ccc(-c2cc(-c3ccc4ccccc4c3)ccc2N(c2ccc3c4ccccc4n(-c4ccccc4)c3c2)c2cccc3sc4c5ccccc5ccc4c23)cc1. The second kappa shape index (κ2) is 13.6. The number of hydrogen-bond acceptors (Lipinski definition) is 2. The second-order valence-electron chi connectivity index (χ2n) is 15.3. The minimum Gasteiger partial charge on any atom is -0.309 e.